The number of carbonyl (C=O) groups is 1. The Morgan fingerprint density at radius 3 is 2.10 bits per heavy atom. The number of fused-ring (bicyclic) bond motifs is 1. The van der Waals surface area contributed by atoms with E-state index in [0.717, 1.165) is 17.7 Å². The summed E-state index contributed by atoms with van der Waals surface area (Å²) in [6.45, 7) is 5.28. The van der Waals surface area contributed by atoms with Crippen molar-refractivity contribution in [3.05, 3.63) is 53.6 Å². The first-order chi connectivity index (χ1) is 13.5. The van der Waals surface area contributed by atoms with Crippen LogP contribution in [-0.4, -0.2) is 42.6 Å². The lowest BCUT2D eigenvalue weighted by molar-refractivity contribution is -0.356. The van der Waals surface area contributed by atoms with Crippen molar-refractivity contribution in [2.24, 2.45) is 0 Å². The van der Waals surface area contributed by atoms with Gasteiger partial charge in [0.25, 0.3) is 10.1 Å². The first-order valence-corrected chi connectivity index (χ1v) is 9.60. The summed E-state index contributed by atoms with van der Waals surface area (Å²) in [6, 6.07) is 6.37. The molecule has 5 nitrogen and oxygen atoms in total. The number of esters is 1. The molecule has 0 spiro atoms. The Bertz CT molecular complexity index is 1090. The molecule has 0 aliphatic carbocycles. The fourth-order valence-corrected chi connectivity index (χ4v) is 3.62. The van der Waals surface area contributed by atoms with Gasteiger partial charge in [0, 0.05) is 0 Å². The monoisotopic (exact) mass is 456 g/mol. The largest absolute Gasteiger partial charge is 0.438 e. The van der Waals surface area contributed by atoms with Gasteiger partial charge in [-0.3, -0.25) is 4.55 Å². The van der Waals surface area contributed by atoms with Crippen molar-refractivity contribution < 1.29 is 48.8 Å². The number of aryl methyl sites for hydroxylation is 1. The zero-order chi connectivity index (χ0) is 23.1. The first kappa shape index (κ1) is 23.7. The van der Waals surface area contributed by atoms with Crippen LogP contribution in [0.2, 0.25) is 0 Å². The Hall–Kier alpha value is -2.60. The molecule has 1 N–H and O–H groups in total. The molecule has 0 bridgehead atoms. The average Bonchev–Trinajstić information content (AvgIpc) is 2.56. The highest BCUT2D eigenvalue weighted by atomic mass is 32.2. The number of halogens is 6. The van der Waals surface area contributed by atoms with Crippen LogP contribution in [0.1, 0.15) is 21.5 Å². The minimum atomic E-state index is -6.39. The molecular weight excluding hydrogens is 442 g/mol. The summed E-state index contributed by atoms with van der Waals surface area (Å²) in [5.74, 6) is -5.01. The van der Waals surface area contributed by atoms with E-state index in [1.165, 1.54) is 18.2 Å². The molecule has 164 valence electrons. The third-order valence-electron chi connectivity index (χ3n) is 4.25. The van der Waals surface area contributed by atoms with Crippen LogP contribution in [0.4, 0.5) is 26.3 Å². The quantitative estimate of drug-likeness (QED) is 0.401. The number of benzene rings is 2. The minimum absolute atomic E-state index is 0.312. The van der Waals surface area contributed by atoms with Gasteiger partial charge < -0.3 is 4.74 Å². The smallest absolute Gasteiger partial charge is 0.435 e. The molecule has 0 saturated carbocycles. The van der Waals surface area contributed by atoms with Crippen molar-refractivity contribution in [2.45, 2.75) is 24.9 Å². The third kappa shape index (κ3) is 4.59. The SMILES string of the molecule is C=Cc1cc2ccc(C(=O)OC(CS(=O)(=O)O)(C(F)(F)F)C(F)(F)F)cc2cc1C. The van der Waals surface area contributed by atoms with Crippen LogP contribution in [0.15, 0.2) is 36.9 Å². The number of hydrogen-bond donors (Lipinski definition) is 1. The standard InChI is InChI=1S/C18H14F6O5S/c1-3-11-7-12-4-5-13(8-14(12)6-10(11)2)15(25)29-16(17(19,20)21,18(22,23)24)9-30(26,27)28/h3-8H,1,9H2,2H3,(H,26,27,28). The van der Waals surface area contributed by atoms with Gasteiger partial charge in [0.1, 0.15) is 5.75 Å². The highest BCUT2D eigenvalue weighted by Crippen LogP contribution is 2.47. The molecule has 2 aromatic carbocycles. The van der Waals surface area contributed by atoms with Gasteiger partial charge in [0.15, 0.2) is 0 Å². The third-order valence-corrected chi connectivity index (χ3v) is 5.02. The van der Waals surface area contributed by atoms with E-state index in [1.54, 1.807) is 13.0 Å². The van der Waals surface area contributed by atoms with Crippen LogP contribution >= 0.6 is 0 Å². The van der Waals surface area contributed by atoms with Gasteiger partial charge in [-0.1, -0.05) is 24.8 Å². The molecule has 0 amide bonds. The molecule has 0 aliphatic rings. The number of rotatable bonds is 5. The molecule has 2 aromatic rings. The van der Waals surface area contributed by atoms with Crippen LogP contribution in [0.3, 0.4) is 0 Å². The number of ether oxygens (including phenoxy) is 1. The molecule has 30 heavy (non-hydrogen) atoms. The van der Waals surface area contributed by atoms with Crippen LogP contribution in [-0.2, 0) is 14.9 Å². The van der Waals surface area contributed by atoms with Crippen LogP contribution in [0.25, 0.3) is 16.8 Å². The normalized spacial score (nSPS) is 13.3. The Balaban J connectivity index is 2.58. The van der Waals surface area contributed by atoms with E-state index in [0.29, 0.717) is 16.3 Å². The molecule has 0 fully saturated rings. The van der Waals surface area contributed by atoms with Gasteiger partial charge in [-0.15, -0.1) is 0 Å². The van der Waals surface area contributed by atoms with E-state index in [4.69, 9.17) is 4.55 Å². The maximum absolute atomic E-state index is 13.3. The number of alkyl halides is 6. The molecule has 0 aliphatic heterocycles. The van der Waals surface area contributed by atoms with Gasteiger partial charge in [0.05, 0.1) is 5.56 Å². The maximum Gasteiger partial charge on any atom is 0.438 e. The van der Waals surface area contributed by atoms with Crippen molar-refractivity contribution in [1.82, 2.24) is 0 Å². The summed E-state index contributed by atoms with van der Waals surface area (Å²) in [6.07, 6.45) is -11.2. The summed E-state index contributed by atoms with van der Waals surface area (Å²) >= 11 is 0. The van der Waals surface area contributed by atoms with Crippen molar-refractivity contribution >= 4 is 32.9 Å². The lowest BCUT2D eigenvalue weighted by Gasteiger charge is -2.35. The molecular formula is C18H14F6O5S. The second-order valence-electron chi connectivity index (χ2n) is 6.41. The fourth-order valence-electron chi connectivity index (χ4n) is 2.72. The zero-order valence-corrected chi connectivity index (χ0v) is 16.0. The molecule has 0 atom stereocenters. The van der Waals surface area contributed by atoms with Gasteiger partial charge in [-0.05, 0) is 47.0 Å². The molecule has 2 rings (SSSR count). The highest BCUT2D eigenvalue weighted by molar-refractivity contribution is 7.85. The van der Waals surface area contributed by atoms with Gasteiger partial charge in [-0.25, -0.2) is 4.79 Å². The lowest BCUT2D eigenvalue weighted by Crippen LogP contribution is -2.63. The van der Waals surface area contributed by atoms with Gasteiger partial charge >= 0.3 is 23.9 Å². The zero-order valence-electron chi connectivity index (χ0n) is 15.1. The summed E-state index contributed by atoms with van der Waals surface area (Å²) < 4.78 is 114. The fraction of sp³-hybridized carbons (Fsp3) is 0.278. The average molecular weight is 456 g/mol. The molecule has 0 heterocycles. The van der Waals surface area contributed by atoms with Crippen molar-refractivity contribution in [1.29, 1.82) is 0 Å². The van der Waals surface area contributed by atoms with Gasteiger partial charge in [-0.2, -0.15) is 34.8 Å². The van der Waals surface area contributed by atoms with Gasteiger partial charge in [0.2, 0.25) is 0 Å². The second-order valence-corrected chi connectivity index (χ2v) is 7.87. The van der Waals surface area contributed by atoms with Crippen LogP contribution in [0.5, 0.6) is 0 Å². The van der Waals surface area contributed by atoms with E-state index < -0.39 is 45.4 Å². The molecule has 0 unspecified atom stereocenters. The molecule has 0 radical (unpaired) electrons. The summed E-state index contributed by atoms with van der Waals surface area (Å²) in [5.41, 5.74) is -4.74. The van der Waals surface area contributed by atoms with Crippen molar-refractivity contribution in [3.8, 4) is 0 Å². The molecule has 0 aromatic heterocycles. The predicted octanol–water partition coefficient (Wildman–Crippen LogP) is 4.70. The Morgan fingerprint density at radius 2 is 1.63 bits per heavy atom. The van der Waals surface area contributed by atoms with Crippen LogP contribution in [0, 0.1) is 6.92 Å². The number of hydrogen-bond acceptors (Lipinski definition) is 4. The Kier molecular flexibility index (Phi) is 5.98. The predicted molar refractivity (Wildman–Crippen MR) is 95.4 cm³/mol. The molecule has 12 heteroatoms. The van der Waals surface area contributed by atoms with E-state index in [-0.39, 0.29) is 0 Å². The summed E-state index contributed by atoms with van der Waals surface area (Å²) in [4.78, 5) is 12.2. The lowest BCUT2D eigenvalue weighted by atomic mass is 10.00. The summed E-state index contributed by atoms with van der Waals surface area (Å²) in [5, 5.41) is 0.829. The minimum Gasteiger partial charge on any atom is -0.435 e. The topological polar surface area (TPSA) is 80.7 Å². The van der Waals surface area contributed by atoms with Crippen molar-refractivity contribution in [3.63, 3.8) is 0 Å². The van der Waals surface area contributed by atoms with Crippen molar-refractivity contribution in [2.75, 3.05) is 5.75 Å². The van der Waals surface area contributed by atoms with E-state index >= 15 is 0 Å². The molecule has 0 saturated heterocycles. The van der Waals surface area contributed by atoms with Crippen LogP contribution < -0.4 is 0 Å². The summed E-state index contributed by atoms with van der Waals surface area (Å²) in [7, 11) is -5.85. The van der Waals surface area contributed by atoms with E-state index in [2.05, 4.69) is 11.3 Å². The Labute approximate surface area is 166 Å². The Morgan fingerprint density at radius 1 is 1.07 bits per heavy atom. The maximum atomic E-state index is 13.3. The first-order valence-electron chi connectivity index (χ1n) is 7.99. The van der Waals surface area contributed by atoms with E-state index in [9.17, 15) is 39.6 Å². The highest BCUT2D eigenvalue weighted by Gasteiger charge is 2.76. The number of carbonyl (C=O) groups excluding carboxylic acids is 1. The second kappa shape index (κ2) is 7.58. The van der Waals surface area contributed by atoms with E-state index in [1.807, 2.05) is 0 Å².